The molecule has 0 aliphatic carbocycles. The molecule has 1 heterocycles. The summed E-state index contributed by atoms with van der Waals surface area (Å²) in [4.78, 5) is 39.3. The first-order chi connectivity index (χ1) is 13.8. The van der Waals surface area contributed by atoms with Gasteiger partial charge in [0, 0.05) is 12.6 Å². The molecule has 1 saturated heterocycles. The van der Waals surface area contributed by atoms with E-state index in [9.17, 15) is 14.4 Å². The van der Waals surface area contributed by atoms with Gasteiger partial charge in [0.05, 0.1) is 6.61 Å². The van der Waals surface area contributed by atoms with Gasteiger partial charge < -0.3 is 25.4 Å². The predicted octanol–water partition coefficient (Wildman–Crippen LogP) is 1.43. The smallest absolute Gasteiger partial charge is 0.408 e. The van der Waals surface area contributed by atoms with Crippen LogP contribution in [0.4, 0.5) is 4.79 Å². The molecule has 0 radical (unpaired) electrons. The summed E-state index contributed by atoms with van der Waals surface area (Å²) < 4.78 is 5.24. The van der Waals surface area contributed by atoms with Gasteiger partial charge in [0.1, 0.15) is 18.7 Å². The minimum atomic E-state index is -0.790. The Balaban J connectivity index is 1.98. The Bertz CT molecular complexity index is 695. The maximum Gasteiger partial charge on any atom is 0.408 e. The molecule has 0 saturated carbocycles. The van der Waals surface area contributed by atoms with Crippen LogP contribution < -0.4 is 10.6 Å². The molecule has 3 N–H and O–H groups in total. The largest absolute Gasteiger partial charge is 0.445 e. The average Bonchev–Trinajstić information content (AvgIpc) is 3.20. The van der Waals surface area contributed by atoms with Crippen LogP contribution in [0.15, 0.2) is 30.3 Å². The Morgan fingerprint density at radius 1 is 1.17 bits per heavy atom. The van der Waals surface area contributed by atoms with E-state index in [0.29, 0.717) is 19.4 Å². The molecule has 1 aliphatic rings. The molecule has 1 unspecified atom stereocenters. The quantitative estimate of drug-likeness (QED) is 0.606. The molecular formula is C21H31N3O5. The summed E-state index contributed by atoms with van der Waals surface area (Å²) in [5.41, 5.74) is 0.851. The van der Waals surface area contributed by atoms with Crippen LogP contribution in [0.5, 0.6) is 0 Å². The zero-order valence-electron chi connectivity index (χ0n) is 17.3. The van der Waals surface area contributed by atoms with E-state index in [2.05, 4.69) is 10.6 Å². The van der Waals surface area contributed by atoms with E-state index < -0.39 is 18.2 Å². The first-order valence-corrected chi connectivity index (χ1v) is 10.0. The minimum Gasteiger partial charge on any atom is -0.445 e. The van der Waals surface area contributed by atoms with Crippen molar-refractivity contribution in [2.24, 2.45) is 5.92 Å². The summed E-state index contributed by atoms with van der Waals surface area (Å²) in [6.07, 6.45) is 0.592. The first-order valence-electron chi connectivity index (χ1n) is 10.0. The van der Waals surface area contributed by atoms with E-state index in [0.717, 1.165) is 5.56 Å². The van der Waals surface area contributed by atoms with E-state index in [1.807, 2.05) is 44.2 Å². The Morgan fingerprint density at radius 3 is 2.48 bits per heavy atom. The van der Waals surface area contributed by atoms with Crippen LogP contribution in [0.25, 0.3) is 0 Å². The highest BCUT2D eigenvalue weighted by atomic mass is 16.5. The molecule has 3 amide bonds. The second-order valence-corrected chi connectivity index (χ2v) is 7.71. The number of nitrogens with one attached hydrogen (secondary N) is 2. The van der Waals surface area contributed by atoms with Gasteiger partial charge in [0.2, 0.25) is 11.8 Å². The number of nitrogens with zero attached hydrogens (tertiary/aromatic N) is 1. The van der Waals surface area contributed by atoms with E-state index in [4.69, 9.17) is 9.84 Å². The maximum atomic E-state index is 13.1. The molecular weight excluding hydrogens is 374 g/mol. The third-order valence-corrected chi connectivity index (χ3v) is 4.92. The zero-order chi connectivity index (χ0) is 21.4. The number of rotatable bonds is 8. The molecule has 29 heavy (non-hydrogen) atoms. The number of hydrogen-bond acceptors (Lipinski definition) is 5. The summed E-state index contributed by atoms with van der Waals surface area (Å²) in [7, 11) is 0. The van der Waals surface area contributed by atoms with Crippen molar-refractivity contribution in [1.82, 2.24) is 15.5 Å². The van der Waals surface area contributed by atoms with Gasteiger partial charge in [-0.3, -0.25) is 9.59 Å². The number of carbonyl (C=O) groups excluding carboxylic acids is 3. The predicted molar refractivity (Wildman–Crippen MR) is 108 cm³/mol. The van der Waals surface area contributed by atoms with Gasteiger partial charge in [-0.1, -0.05) is 44.2 Å². The lowest BCUT2D eigenvalue weighted by molar-refractivity contribution is -0.141. The monoisotopic (exact) mass is 405 g/mol. The SMILES string of the molecule is CC(C)[C@H](NC(=O)OCc1ccccc1)C(=O)N1CCCC1C(=O)N[C@@H](C)CO. The molecule has 1 aliphatic heterocycles. The van der Waals surface area contributed by atoms with Crippen LogP contribution >= 0.6 is 0 Å². The van der Waals surface area contributed by atoms with Crippen molar-refractivity contribution in [2.75, 3.05) is 13.2 Å². The maximum absolute atomic E-state index is 13.1. The lowest BCUT2D eigenvalue weighted by Crippen LogP contribution is -2.56. The van der Waals surface area contributed by atoms with E-state index >= 15 is 0 Å². The zero-order valence-corrected chi connectivity index (χ0v) is 17.3. The van der Waals surface area contributed by atoms with Crippen LogP contribution in [0, 0.1) is 5.92 Å². The number of aliphatic hydroxyl groups is 1. The van der Waals surface area contributed by atoms with Gasteiger partial charge in [-0.25, -0.2) is 4.79 Å². The Labute approximate surface area is 171 Å². The number of ether oxygens (including phenoxy) is 1. The van der Waals surface area contributed by atoms with Crippen molar-refractivity contribution in [3.63, 3.8) is 0 Å². The molecule has 0 aromatic heterocycles. The van der Waals surface area contributed by atoms with Crippen LogP contribution in [-0.4, -0.2) is 59.2 Å². The van der Waals surface area contributed by atoms with Gasteiger partial charge in [0.25, 0.3) is 0 Å². The first kappa shape index (κ1) is 22.7. The number of hydrogen-bond donors (Lipinski definition) is 3. The number of aliphatic hydroxyl groups excluding tert-OH is 1. The Morgan fingerprint density at radius 2 is 1.86 bits per heavy atom. The van der Waals surface area contributed by atoms with Gasteiger partial charge in [-0.05, 0) is 31.2 Å². The summed E-state index contributed by atoms with van der Waals surface area (Å²) in [6.45, 7) is 5.75. The van der Waals surface area contributed by atoms with Crippen LogP contribution in [0.3, 0.4) is 0 Å². The average molecular weight is 405 g/mol. The fourth-order valence-electron chi connectivity index (χ4n) is 3.27. The number of benzene rings is 1. The molecule has 2 rings (SSSR count). The Hall–Kier alpha value is -2.61. The van der Waals surface area contributed by atoms with Gasteiger partial charge in [-0.2, -0.15) is 0 Å². The molecule has 160 valence electrons. The molecule has 3 atom stereocenters. The number of likely N-dealkylation sites (tertiary alicyclic amines) is 1. The van der Waals surface area contributed by atoms with Crippen LogP contribution in [-0.2, 0) is 20.9 Å². The second kappa shape index (κ2) is 10.8. The molecule has 1 aromatic carbocycles. The van der Waals surface area contributed by atoms with Crippen molar-refractivity contribution in [1.29, 1.82) is 0 Å². The summed E-state index contributed by atoms with van der Waals surface area (Å²) >= 11 is 0. The summed E-state index contributed by atoms with van der Waals surface area (Å²) in [5, 5.41) is 14.5. The lowest BCUT2D eigenvalue weighted by atomic mass is 10.0. The summed E-state index contributed by atoms with van der Waals surface area (Å²) in [6, 6.07) is 7.51. The van der Waals surface area contributed by atoms with Crippen molar-refractivity contribution in [3.8, 4) is 0 Å². The lowest BCUT2D eigenvalue weighted by Gasteiger charge is -2.30. The van der Waals surface area contributed by atoms with Crippen molar-refractivity contribution < 1.29 is 24.2 Å². The number of alkyl carbamates (subject to hydrolysis) is 1. The molecule has 1 fully saturated rings. The van der Waals surface area contributed by atoms with Gasteiger partial charge in [-0.15, -0.1) is 0 Å². The third kappa shape index (κ3) is 6.45. The van der Waals surface area contributed by atoms with Gasteiger partial charge >= 0.3 is 6.09 Å². The third-order valence-electron chi connectivity index (χ3n) is 4.92. The van der Waals surface area contributed by atoms with E-state index in [-0.39, 0.29) is 37.0 Å². The molecule has 0 bridgehead atoms. The number of amides is 3. The molecule has 1 aromatic rings. The topological polar surface area (TPSA) is 108 Å². The minimum absolute atomic E-state index is 0.111. The Kier molecular flexibility index (Phi) is 8.45. The van der Waals surface area contributed by atoms with E-state index in [1.54, 1.807) is 6.92 Å². The highest BCUT2D eigenvalue weighted by Crippen LogP contribution is 2.20. The standard InChI is InChI=1S/C21H31N3O5/c1-14(2)18(23-21(28)29-13-16-8-5-4-6-9-16)20(27)24-11-7-10-17(24)19(26)22-15(3)12-25/h4-6,8-9,14-15,17-18,25H,7,10-13H2,1-3H3,(H,22,26)(H,23,28)/t15-,17?,18-/m0/s1. The van der Waals surface area contributed by atoms with Crippen LogP contribution in [0.2, 0.25) is 0 Å². The van der Waals surface area contributed by atoms with Crippen molar-refractivity contribution in [2.45, 2.75) is 58.3 Å². The van der Waals surface area contributed by atoms with E-state index in [1.165, 1.54) is 4.90 Å². The fraction of sp³-hybridized carbons (Fsp3) is 0.571. The molecule has 8 heteroatoms. The normalized spacial score (nSPS) is 18.2. The molecule has 0 spiro atoms. The molecule has 8 nitrogen and oxygen atoms in total. The van der Waals surface area contributed by atoms with Crippen molar-refractivity contribution in [3.05, 3.63) is 35.9 Å². The fourth-order valence-corrected chi connectivity index (χ4v) is 3.27. The van der Waals surface area contributed by atoms with Gasteiger partial charge in [0.15, 0.2) is 0 Å². The van der Waals surface area contributed by atoms with Crippen molar-refractivity contribution >= 4 is 17.9 Å². The summed E-state index contributed by atoms with van der Waals surface area (Å²) in [5.74, 6) is -0.759. The van der Waals surface area contributed by atoms with Crippen LogP contribution in [0.1, 0.15) is 39.2 Å². The highest BCUT2D eigenvalue weighted by Gasteiger charge is 2.39. The number of carbonyl (C=O) groups is 3. The highest BCUT2D eigenvalue weighted by molar-refractivity contribution is 5.92. The second-order valence-electron chi connectivity index (χ2n) is 7.71.